The molecule has 0 spiro atoms. The minimum absolute atomic E-state index is 0.0391. The fraction of sp³-hybridized carbons (Fsp3) is 0.280. The van der Waals surface area contributed by atoms with Gasteiger partial charge in [-0.1, -0.05) is 43.5 Å². The molecule has 0 aliphatic heterocycles. The molecular weight excluding hydrogens is 478 g/mol. The fourth-order valence-corrected chi connectivity index (χ4v) is 3.60. The molecule has 2 aromatic carbocycles. The lowest BCUT2D eigenvalue weighted by Gasteiger charge is -2.28. The van der Waals surface area contributed by atoms with Crippen LogP contribution >= 0.6 is 11.6 Å². The third-order valence-electron chi connectivity index (χ3n) is 5.44. The smallest absolute Gasteiger partial charge is 0.412 e. The fourth-order valence-electron chi connectivity index (χ4n) is 3.41. The summed E-state index contributed by atoms with van der Waals surface area (Å²) in [6.45, 7) is 3.78. The molecule has 3 rings (SSSR count). The lowest BCUT2D eigenvalue weighted by atomic mass is 10.1. The number of nitrogens with one attached hydrogen (secondary N) is 2. The predicted octanol–water partition coefficient (Wildman–Crippen LogP) is 5.93. The number of hydrogen-bond donors (Lipinski definition) is 2. The van der Waals surface area contributed by atoms with Gasteiger partial charge in [0.25, 0.3) is 0 Å². The van der Waals surface area contributed by atoms with Crippen molar-refractivity contribution in [3.8, 4) is 0 Å². The number of carbonyl (C=O) groups is 2. The van der Waals surface area contributed by atoms with Gasteiger partial charge in [-0.15, -0.1) is 0 Å². The Morgan fingerprint density at radius 2 is 2.00 bits per heavy atom. The SMILES string of the molecule is [CH2]CCC[C@@H](COC(=O)Nc1cc2cc(F)ccc2cn1)N(C)C(=O)NCc1cccc(F)c1Cl. The first kappa shape index (κ1) is 26.2. The van der Waals surface area contributed by atoms with Gasteiger partial charge in [0.05, 0.1) is 11.1 Å². The molecule has 0 unspecified atom stereocenters. The number of benzene rings is 2. The van der Waals surface area contributed by atoms with Crippen LogP contribution in [0.4, 0.5) is 24.2 Å². The molecule has 0 fully saturated rings. The number of nitrogens with zero attached hydrogens (tertiary/aromatic N) is 2. The molecule has 2 N–H and O–H groups in total. The van der Waals surface area contributed by atoms with Crippen molar-refractivity contribution in [1.82, 2.24) is 15.2 Å². The number of fused-ring (bicyclic) bond motifs is 1. The van der Waals surface area contributed by atoms with Crippen molar-refractivity contribution >= 4 is 40.3 Å². The Labute approximate surface area is 207 Å². The molecule has 3 aromatic rings. The highest BCUT2D eigenvalue weighted by atomic mass is 35.5. The highest BCUT2D eigenvalue weighted by Gasteiger charge is 2.22. The number of halogens is 3. The number of urea groups is 1. The van der Waals surface area contributed by atoms with Crippen LogP contribution in [0.3, 0.4) is 0 Å². The van der Waals surface area contributed by atoms with E-state index in [2.05, 4.69) is 22.5 Å². The number of pyridine rings is 1. The Morgan fingerprint density at radius 3 is 2.77 bits per heavy atom. The number of ether oxygens (including phenoxy) is 1. The standard InChI is InChI=1S/C25H26ClF2N4O3/c1-3-4-7-20(32(2)24(33)30-14-17-6-5-8-21(28)23(17)26)15-35-25(34)31-22-12-18-11-19(27)10-9-16(18)13-29-22/h5-6,8-13,20H,1,3-4,7,14-15H2,2H3,(H,30,33)(H,29,31,34)/t20-/m0/s1. The molecule has 3 amide bonds. The second kappa shape index (κ2) is 12.3. The van der Waals surface area contributed by atoms with E-state index in [4.69, 9.17) is 16.3 Å². The first-order chi connectivity index (χ1) is 16.8. The number of aromatic nitrogens is 1. The average Bonchev–Trinajstić information content (AvgIpc) is 2.84. The lowest BCUT2D eigenvalue weighted by molar-refractivity contribution is 0.113. The van der Waals surface area contributed by atoms with E-state index in [9.17, 15) is 18.4 Å². The first-order valence-electron chi connectivity index (χ1n) is 11.0. The van der Waals surface area contributed by atoms with E-state index in [0.29, 0.717) is 30.2 Å². The van der Waals surface area contributed by atoms with E-state index >= 15 is 0 Å². The summed E-state index contributed by atoms with van der Waals surface area (Å²) in [6.07, 6.45) is 2.67. The number of anilines is 1. The van der Waals surface area contributed by atoms with E-state index in [-0.39, 0.29) is 24.0 Å². The van der Waals surface area contributed by atoms with Crippen molar-refractivity contribution in [1.29, 1.82) is 0 Å². The summed E-state index contributed by atoms with van der Waals surface area (Å²) >= 11 is 5.94. The Morgan fingerprint density at radius 1 is 1.20 bits per heavy atom. The van der Waals surface area contributed by atoms with Crippen LogP contribution in [0, 0.1) is 18.6 Å². The molecule has 7 nitrogen and oxygen atoms in total. The Hall–Kier alpha value is -3.46. The number of carbonyl (C=O) groups excluding carboxylic acids is 2. The third-order valence-corrected chi connectivity index (χ3v) is 5.86. The maximum Gasteiger partial charge on any atom is 0.412 e. The van der Waals surface area contributed by atoms with Crippen molar-refractivity contribution < 1.29 is 23.1 Å². The van der Waals surface area contributed by atoms with E-state index in [1.54, 1.807) is 19.2 Å². The summed E-state index contributed by atoms with van der Waals surface area (Å²) in [5.41, 5.74) is 0.445. The topological polar surface area (TPSA) is 83.6 Å². The van der Waals surface area contributed by atoms with E-state index in [1.165, 1.54) is 41.4 Å². The van der Waals surface area contributed by atoms with Gasteiger partial charge in [0.1, 0.15) is 24.1 Å². The van der Waals surface area contributed by atoms with Crippen molar-refractivity contribution in [2.75, 3.05) is 19.0 Å². The zero-order valence-electron chi connectivity index (χ0n) is 19.2. The zero-order valence-corrected chi connectivity index (χ0v) is 19.9. The van der Waals surface area contributed by atoms with Crippen molar-refractivity contribution in [3.05, 3.63) is 77.8 Å². The van der Waals surface area contributed by atoms with Gasteiger partial charge >= 0.3 is 12.1 Å². The number of hydrogen-bond acceptors (Lipinski definition) is 4. The number of rotatable bonds is 9. The minimum Gasteiger partial charge on any atom is -0.447 e. The van der Waals surface area contributed by atoms with Crippen LogP contribution in [0.2, 0.25) is 5.02 Å². The number of unbranched alkanes of at least 4 members (excludes halogenated alkanes) is 1. The summed E-state index contributed by atoms with van der Waals surface area (Å²) < 4.78 is 32.4. The van der Waals surface area contributed by atoms with Gasteiger partial charge in [-0.05, 0) is 47.7 Å². The number of amides is 3. The minimum atomic E-state index is -0.756. The molecule has 0 saturated heterocycles. The van der Waals surface area contributed by atoms with E-state index in [1.807, 2.05) is 0 Å². The zero-order chi connectivity index (χ0) is 25.4. The summed E-state index contributed by atoms with van der Waals surface area (Å²) in [7, 11) is 1.58. The second-order valence-electron chi connectivity index (χ2n) is 7.92. The van der Waals surface area contributed by atoms with Crippen molar-refractivity contribution in [3.63, 3.8) is 0 Å². The Bertz CT molecular complexity index is 1190. The largest absolute Gasteiger partial charge is 0.447 e. The Kier molecular flexibility index (Phi) is 9.19. The monoisotopic (exact) mass is 503 g/mol. The van der Waals surface area contributed by atoms with Crippen LogP contribution in [0.5, 0.6) is 0 Å². The Balaban J connectivity index is 1.57. The normalized spacial score (nSPS) is 11.7. The molecule has 35 heavy (non-hydrogen) atoms. The average molecular weight is 504 g/mol. The number of likely N-dealkylation sites (N-methyl/N-ethyl adjacent to an activating group) is 1. The van der Waals surface area contributed by atoms with Crippen LogP contribution in [0.25, 0.3) is 10.8 Å². The van der Waals surface area contributed by atoms with E-state index in [0.717, 1.165) is 5.39 Å². The highest BCUT2D eigenvalue weighted by Crippen LogP contribution is 2.20. The summed E-state index contributed by atoms with van der Waals surface area (Å²) in [5.74, 6) is -0.752. The van der Waals surface area contributed by atoms with Crippen molar-refractivity contribution in [2.45, 2.75) is 31.8 Å². The summed E-state index contributed by atoms with van der Waals surface area (Å²) in [4.78, 5) is 30.6. The molecule has 10 heteroatoms. The molecule has 0 aliphatic rings. The van der Waals surface area contributed by atoms with Gasteiger partial charge in [0.15, 0.2) is 0 Å². The first-order valence-corrected chi connectivity index (χ1v) is 11.4. The molecule has 1 atom stereocenters. The molecule has 1 aromatic heterocycles. The van der Waals surface area contributed by atoms with Gasteiger partial charge < -0.3 is 15.0 Å². The maximum atomic E-state index is 13.6. The molecule has 0 saturated carbocycles. The van der Waals surface area contributed by atoms with Crippen LogP contribution in [-0.2, 0) is 11.3 Å². The van der Waals surface area contributed by atoms with Crippen LogP contribution < -0.4 is 10.6 Å². The maximum absolute atomic E-state index is 13.6. The quantitative estimate of drug-likeness (QED) is 0.379. The molecule has 1 heterocycles. The molecular formula is C25H26ClF2N4O3. The van der Waals surface area contributed by atoms with E-state index < -0.39 is 29.8 Å². The predicted molar refractivity (Wildman–Crippen MR) is 131 cm³/mol. The molecule has 0 bridgehead atoms. The van der Waals surface area contributed by atoms with Gasteiger partial charge in [-0.2, -0.15) is 0 Å². The summed E-state index contributed by atoms with van der Waals surface area (Å²) in [6, 6.07) is 9.32. The van der Waals surface area contributed by atoms with Gasteiger partial charge in [-0.3, -0.25) is 5.32 Å². The van der Waals surface area contributed by atoms with Crippen LogP contribution in [0.1, 0.15) is 24.8 Å². The van der Waals surface area contributed by atoms with Gasteiger partial charge in [-0.25, -0.2) is 23.4 Å². The van der Waals surface area contributed by atoms with Crippen LogP contribution in [0.15, 0.2) is 48.7 Å². The highest BCUT2D eigenvalue weighted by molar-refractivity contribution is 6.31. The van der Waals surface area contributed by atoms with Gasteiger partial charge in [0.2, 0.25) is 0 Å². The lowest BCUT2D eigenvalue weighted by Crippen LogP contribution is -2.46. The molecule has 0 aliphatic carbocycles. The molecule has 1 radical (unpaired) electrons. The van der Waals surface area contributed by atoms with Gasteiger partial charge in [0, 0.05) is 25.2 Å². The molecule has 185 valence electrons. The third kappa shape index (κ3) is 7.26. The summed E-state index contributed by atoms with van der Waals surface area (Å²) in [5, 5.41) is 6.47. The second-order valence-corrected chi connectivity index (χ2v) is 8.29. The van der Waals surface area contributed by atoms with Crippen LogP contribution in [-0.4, -0.2) is 41.7 Å². The van der Waals surface area contributed by atoms with Crippen molar-refractivity contribution in [2.24, 2.45) is 0 Å².